The fraction of sp³-hybridized carbons (Fsp3) is 0.156. The van der Waals surface area contributed by atoms with Gasteiger partial charge in [0.1, 0.15) is 6.61 Å². The Morgan fingerprint density at radius 1 is 1.15 bits per heavy atom. The zero-order valence-corrected chi connectivity index (χ0v) is 25.3. The molecule has 0 radical (unpaired) electrons. The highest BCUT2D eigenvalue weighted by atomic mass is 127. The van der Waals surface area contributed by atoms with E-state index in [1.165, 1.54) is 11.3 Å². The van der Waals surface area contributed by atoms with Crippen molar-refractivity contribution in [3.8, 4) is 23.8 Å². The van der Waals surface area contributed by atoms with Crippen molar-refractivity contribution in [2.24, 2.45) is 4.99 Å². The third-order valence-electron chi connectivity index (χ3n) is 6.34. The van der Waals surface area contributed by atoms with Gasteiger partial charge < -0.3 is 14.2 Å². The topological polar surface area (TPSA) is 79.1 Å². The molecule has 1 aliphatic heterocycles. The first-order valence-electron chi connectivity index (χ1n) is 12.7. The molecule has 4 aromatic rings. The summed E-state index contributed by atoms with van der Waals surface area (Å²) >= 11 is 3.41. The van der Waals surface area contributed by atoms with Gasteiger partial charge in [0.25, 0.3) is 5.56 Å². The number of thiazole rings is 1. The molecule has 0 spiro atoms. The van der Waals surface area contributed by atoms with Crippen LogP contribution in [-0.2, 0) is 9.53 Å². The van der Waals surface area contributed by atoms with Crippen LogP contribution < -0.4 is 24.4 Å². The van der Waals surface area contributed by atoms with Crippen LogP contribution in [0.2, 0.25) is 0 Å². The predicted octanol–water partition coefficient (Wildman–Crippen LogP) is 4.56. The number of benzene rings is 3. The van der Waals surface area contributed by atoms with Crippen molar-refractivity contribution < 1.29 is 19.0 Å². The number of fused-ring (bicyclic) bond motifs is 1. The number of hydrogen-bond acceptors (Lipinski definition) is 7. The molecule has 1 aromatic heterocycles. The van der Waals surface area contributed by atoms with E-state index in [-0.39, 0.29) is 18.8 Å². The number of hydrogen-bond donors (Lipinski definition) is 0. The second-order valence-corrected chi connectivity index (χ2v) is 11.0. The second kappa shape index (κ2) is 12.6. The average Bonchev–Trinajstić information content (AvgIpc) is 3.30. The Balaban J connectivity index is 1.76. The van der Waals surface area contributed by atoms with Gasteiger partial charge in [0.15, 0.2) is 16.3 Å². The summed E-state index contributed by atoms with van der Waals surface area (Å²) in [4.78, 5) is 32.9. The fourth-order valence-electron chi connectivity index (χ4n) is 4.62. The zero-order chi connectivity index (χ0) is 28.9. The highest BCUT2D eigenvalue weighted by Gasteiger charge is 2.35. The lowest BCUT2D eigenvalue weighted by molar-refractivity contribution is -0.138. The van der Waals surface area contributed by atoms with Crippen LogP contribution in [0.25, 0.3) is 11.8 Å². The van der Waals surface area contributed by atoms with Crippen molar-refractivity contribution >= 4 is 51.7 Å². The number of methoxy groups -OCH3 is 1. The minimum atomic E-state index is -0.724. The lowest BCUT2D eigenvalue weighted by Crippen LogP contribution is -2.40. The molecule has 0 unspecified atom stereocenters. The Hall–Kier alpha value is -4.14. The summed E-state index contributed by atoms with van der Waals surface area (Å²) < 4.78 is 19.5. The van der Waals surface area contributed by atoms with Gasteiger partial charge in [-0.3, -0.25) is 9.36 Å². The molecular weight excluding hydrogens is 651 g/mol. The number of ether oxygens (including phenoxy) is 3. The van der Waals surface area contributed by atoms with Crippen LogP contribution in [0.5, 0.6) is 11.5 Å². The van der Waals surface area contributed by atoms with E-state index < -0.39 is 12.0 Å². The summed E-state index contributed by atoms with van der Waals surface area (Å²) in [7, 11) is 1.55. The highest BCUT2D eigenvalue weighted by molar-refractivity contribution is 14.1. The van der Waals surface area contributed by atoms with E-state index in [1.54, 1.807) is 30.7 Å². The molecule has 0 fully saturated rings. The molecule has 0 saturated carbocycles. The normalized spacial score (nSPS) is 14.6. The Kier molecular flexibility index (Phi) is 8.71. The van der Waals surface area contributed by atoms with E-state index in [0.717, 1.165) is 20.3 Å². The molecule has 1 aliphatic rings. The molecule has 0 amide bonds. The molecule has 7 nitrogen and oxygen atoms in total. The van der Waals surface area contributed by atoms with Crippen LogP contribution in [0, 0.1) is 15.9 Å². The number of carbonyl (C=O) groups excluding carboxylic acids is 1. The first-order valence-corrected chi connectivity index (χ1v) is 14.6. The summed E-state index contributed by atoms with van der Waals surface area (Å²) in [5, 5.41) is 0. The van der Waals surface area contributed by atoms with E-state index in [0.29, 0.717) is 32.1 Å². The molecule has 0 N–H and O–H groups in total. The first kappa shape index (κ1) is 28.4. The molecule has 0 bridgehead atoms. The van der Waals surface area contributed by atoms with Crippen LogP contribution >= 0.6 is 33.9 Å². The first-order chi connectivity index (χ1) is 20.0. The van der Waals surface area contributed by atoms with Crippen molar-refractivity contribution in [3.63, 3.8) is 0 Å². The molecular formula is C32H25IN2O5S. The molecule has 3 aromatic carbocycles. The number of aromatic nitrogens is 1. The predicted molar refractivity (Wildman–Crippen MR) is 168 cm³/mol. The Labute approximate surface area is 254 Å². The second-order valence-electron chi connectivity index (χ2n) is 8.87. The third-order valence-corrected chi connectivity index (χ3v) is 8.12. The lowest BCUT2D eigenvalue weighted by Gasteiger charge is -2.25. The molecule has 2 heterocycles. The van der Waals surface area contributed by atoms with Crippen molar-refractivity contribution in [2.75, 3.05) is 20.3 Å². The van der Waals surface area contributed by atoms with Gasteiger partial charge in [-0.2, -0.15) is 0 Å². The van der Waals surface area contributed by atoms with Crippen LogP contribution in [0.15, 0.2) is 88.2 Å². The van der Waals surface area contributed by atoms with Gasteiger partial charge in [-0.05, 0) is 58.9 Å². The summed E-state index contributed by atoms with van der Waals surface area (Å²) in [5.41, 5.74) is 2.81. The number of halogens is 1. The van der Waals surface area contributed by atoms with Crippen molar-refractivity contribution in [3.05, 3.63) is 118 Å². The molecule has 206 valence electrons. The van der Waals surface area contributed by atoms with E-state index in [9.17, 15) is 9.59 Å². The van der Waals surface area contributed by atoms with Gasteiger partial charge in [-0.15, -0.1) is 6.42 Å². The van der Waals surface area contributed by atoms with Gasteiger partial charge in [-0.1, -0.05) is 77.9 Å². The highest BCUT2D eigenvalue weighted by Crippen LogP contribution is 2.36. The van der Waals surface area contributed by atoms with Crippen molar-refractivity contribution in [1.29, 1.82) is 0 Å². The maximum Gasteiger partial charge on any atom is 0.338 e. The van der Waals surface area contributed by atoms with Crippen molar-refractivity contribution in [1.82, 2.24) is 4.57 Å². The molecule has 0 aliphatic carbocycles. The van der Waals surface area contributed by atoms with Gasteiger partial charge in [0, 0.05) is 5.56 Å². The SMILES string of the molecule is C#CCOc1c(I)cc(/C=c2\sc3n(c2=O)[C@H](c2ccccc2)C(C(=O)OCC)=C(c2ccccc2)N=3)cc1OC. The summed E-state index contributed by atoms with van der Waals surface area (Å²) in [6, 6.07) is 21.9. The molecule has 5 rings (SSSR count). The number of rotatable bonds is 8. The van der Waals surface area contributed by atoms with Crippen molar-refractivity contribution in [2.45, 2.75) is 13.0 Å². The molecule has 9 heteroatoms. The molecule has 1 atom stereocenters. The minimum absolute atomic E-state index is 0.107. The Morgan fingerprint density at radius 3 is 2.51 bits per heavy atom. The molecule has 41 heavy (non-hydrogen) atoms. The van der Waals surface area contributed by atoms with E-state index in [1.807, 2.05) is 66.7 Å². The monoisotopic (exact) mass is 676 g/mol. The van der Waals surface area contributed by atoms with Crippen LogP contribution in [0.3, 0.4) is 0 Å². The van der Waals surface area contributed by atoms with Gasteiger partial charge in [-0.25, -0.2) is 9.79 Å². The van der Waals surface area contributed by atoms with E-state index in [2.05, 4.69) is 28.5 Å². The summed E-state index contributed by atoms with van der Waals surface area (Å²) in [6.07, 6.45) is 7.15. The largest absolute Gasteiger partial charge is 0.493 e. The number of carbonyl (C=O) groups is 1. The smallest absolute Gasteiger partial charge is 0.338 e. The third kappa shape index (κ3) is 5.71. The number of nitrogens with zero attached hydrogens (tertiary/aromatic N) is 2. The maximum atomic E-state index is 14.0. The Morgan fingerprint density at radius 2 is 1.85 bits per heavy atom. The van der Waals surface area contributed by atoms with E-state index >= 15 is 0 Å². The van der Waals surface area contributed by atoms with Gasteiger partial charge >= 0.3 is 5.97 Å². The van der Waals surface area contributed by atoms with Crippen LogP contribution in [0.1, 0.15) is 29.7 Å². The van der Waals surface area contributed by atoms with Gasteiger partial charge in [0.05, 0.1) is 39.1 Å². The number of terminal acetylenes is 1. The van der Waals surface area contributed by atoms with Crippen LogP contribution in [-0.4, -0.2) is 30.9 Å². The Bertz CT molecular complexity index is 1850. The number of esters is 1. The maximum absolute atomic E-state index is 14.0. The standard InChI is InChI=1S/C32H25IN2O5S/c1-4-16-40-29-23(33)17-20(18-24(29)38-3)19-25-30(36)35-28(22-14-10-7-11-15-22)26(31(37)39-5-2)27(34-32(35)41-25)21-12-8-6-9-13-21/h1,6-15,17-19,28H,5,16H2,2-3H3/b25-19-/t28-/m1/s1. The lowest BCUT2D eigenvalue weighted by atomic mass is 9.93. The minimum Gasteiger partial charge on any atom is -0.493 e. The summed E-state index contributed by atoms with van der Waals surface area (Å²) in [5.74, 6) is 2.99. The molecule has 0 saturated heterocycles. The average molecular weight is 677 g/mol. The zero-order valence-electron chi connectivity index (χ0n) is 22.3. The van der Waals surface area contributed by atoms with Gasteiger partial charge in [0.2, 0.25) is 0 Å². The van der Waals surface area contributed by atoms with Crippen LogP contribution in [0.4, 0.5) is 0 Å². The quantitative estimate of drug-likeness (QED) is 0.156. The fourth-order valence-corrected chi connectivity index (χ4v) is 6.40. The van der Waals surface area contributed by atoms with E-state index in [4.69, 9.17) is 25.6 Å². The summed E-state index contributed by atoms with van der Waals surface area (Å²) in [6.45, 7) is 2.06.